The van der Waals surface area contributed by atoms with Gasteiger partial charge in [0.15, 0.2) is 6.10 Å². The number of alkyl halides is 4. The van der Waals surface area contributed by atoms with E-state index in [-0.39, 0.29) is 24.7 Å². The minimum Gasteiger partial charge on any atom is -0.428 e. The molecule has 13 heteroatoms. The van der Waals surface area contributed by atoms with E-state index >= 15 is 8.78 Å². The van der Waals surface area contributed by atoms with E-state index in [0.29, 0.717) is 76.9 Å². The van der Waals surface area contributed by atoms with Crippen LogP contribution in [0.2, 0.25) is 0 Å². The molecule has 7 rings (SSSR count). The molecule has 0 radical (unpaired) electrons. The van der Waals surface area contributed by atoms with Crippen molar-refractivity contribution in [3.05, 3.63) is 125 Å². The summed E-state index contributed by atoms with van der Waals surface area (Å²) in [5.74, 6) is -5.34. The third kappa shape index (κ3) is 10.3. The number of rotatable bonds is 23. The van der Waals surface area contributed by atoms with E-state index in [9.17, 15) is 13.6 Å². The molecule has 1 heterocycles. The average molecular weight is 846 g/mol. The van der Waals surface area contributed by atoms with Crippen LogP contribution in [0.25, 0.3) is 32.3 Å². The molecule has 1 atom stereocenters. The Morgan fingerprint density at radius 2 is 1.25 bits per heavy atom. The number of ether oxygens (including phenoxy) is 7. The molecule has 1 aliphatic rings. The molecule has 0 N–H and O–H groups in total. The second-order valence-corrected chi connectivity index (χ2v) is 15.6. The third-order valence-corrected chi connectivity index (χ3v) is 10.9. The highest BCUT2D eigenvalue weighted by atomic mass is 19.3. The van der Waals surface area contributed by atoms with E-state index in [1.807, 2.05) is 0 Å². The summed E-state index contributed by atoms with van der Waals surface area (Å²) >= 11 is 0. The highest BCUT2D eigenvalue weighted by Gasteiger charge is 2.68. The van der Waals surface area contributed by atoms with Crippen molar-refractivity contribution in [3.63, 3.8) is 0 Å². The highest BCUT2D eigenvalue weighted by molar-refractivity contribution is 6.23. The zero-order valence-electron chi connectivity index (χ0n) is 34.6. The molecule has 0 bridgehead atoms. The van der Waals surface area contributed by atoms with Crippen molar-refractivity contribution in [2.45, 2.75) is 50.6 Å². The second kappa shape index (κ2) is 19.4. The Bertz CT molecular complexity index is 2360. The van der Waals surface area contributed by atoms with Crippen molar-refractivity contribution in [3.8, 4) is 5.75 Å². The molecular weight excluding hydrogens is 795 g/mol. The van der Waals surface area contributed by atoms with Gasteiger partial charge in [-0.05, 0) is 87.0 Å². The first-order chi connectivity index (χ1) is 29.4. The summed E-state index contributed by atoms with van der Waals surface area (Å²) < 4.78 is 98.6. The fraction of sp³-hybridized carbons (Fsp3) is 0.396. The Labute approximate surface area is 352 Å². The molecule has 9 nitrogen and oxygen atoms in total. The minimum atomic E-state index is -4.86. The first-order valence-electron chi connectivity index (χ1n) is 20.4. The van der Waals surface area contributed by atoms with E-state index in [2.05, 4.69) is 59.3 Å². The number of hydrogen-bond donors (Lipinski definition) is 0. The first kappa shape index (κ1) is 44.2. The van der Waals surface area contributed by atoms with Gasteiger partial charge in [0.2, 0.25) is 5.91 Å². The maximum absolute atomic E-state index is 15.3. The van der Waals surface area contributed by atoms with Crippen molar-refractivity contribution < 1.29 is 55.5 Å². The quantitative estimate of drug-likeness (QED) is 0.0359. The number of hydrogen-bond acceptors (Lipinski definition) is 8. The zero-order valence-corrected chi connectivity index (χ0v) is 34.6. The molecule has 1 unspecified atom stereocenters. The van der Waals surface area contributed by atoms with Crippen LogP contribution in [0.15, 0.2) is 103 Å². The summed E-state index contributed by atoms with van der Waals surface area (Å²) in [4.78, 5) is 14.0. The predicted molar refractivity (Wildman–Crippen MR) is 225 cm³/mol. The Kier molecular flexibility index (Phi) is 14.1. The molecular formula is C48H51F4NO8. The Morgan fingerprint density at radius 1 is 0.672 bits per heavy atom. The lowest BCUT2D eigenvalue weighted by Crippen LogP contribution is -2.49. The van der Waals surface area contributed by atoms with Crippen molar-refractivity contribution >= 4 is 38.2 Å². The standard InChI is InChI=1S/C48H51F4NO8/c1-46(2)41-10-5-4-9-40(41)45(61-46)47(49,50)48(51,52)60-38-18-11-33(12-19-38)21-22-53(3)42(54)32-59-30-28-57-26-24-55-23-25-56-27-29-58-31-37-16-15-36-14-13-34-7-6-8-35-17-20-39(37)44(36)43(34)35/h4-20,45H,21-32H2,1-3H3. The van der Waals surface area contributed by atoms with E-state index in [4.69, 9.17) is 28.4 Å². The number of carbonyl (C=O) groups is 1. The van der Waals surface area contributed by atoms with E-state index in [1.54, 1.807) is 33.0 Å². The molecule has 6 aromatic carbocycles. The normalized spacial score (nSPS) is 15.2. The van der Waals surface area contributed by atoms with Gasteiger partial charge in [-0.3, -0.25) is 4.79 Å². The number of amides is 1. The number of nitrogens with zero attached hydrogens (tertiary/aromatic N) is 1. The number of halogens is 4. The Balaban J connectivity index is 0.699. The van der Waals surface area contributed by atoms with Gasteiger partial charge in [0, 0.05) is 13.6 Å². The van der Waals surface area contributed by atoms with Gasteiger partial charge in [0.25, 0.3) is 0 Å². The van der Waals surface area contributed by atoms with Gasteiger partial charge in [-0.2, -0.15) is 17.6 Å². The van der Waals surface area contributed by atoms with Crippen molar-refractivity contribution in [1.29, 1.82) is 0 Å². The molecule has 61 heavy (non-hydrogen) atoms. The summed E-state index contributed by atoms with van der Waals surface area (Å²) in [7, 11) is 1.62. The van der Waals surface area contributed by atoms with Gasteiger partial charge in [-0.1, -0.05) is 91.0 Å². The van der Waals surface area contributed by atoms with Gasteiger partial charge in [0.05, 0.1) is 65.1 Å². The minimum absolute atomic E-state index is 0.00127. The molecule has 1 aliphatic heterocycles. The van der Waals surface area contributed by atoms with Crippen LogP contribution in [0, 0.1) is 0 Å². The molecule has 0 fully saturated rings. The lowest BCUT2D eigenvalue weighted by molar-refractivity contribution is -0.347. The smallest absolute Gasteiger partial charge is 0.428 e. The molecule has 0 saturated carbocycles. The highest BCUT2D eigenvalue weighted by Crippen LogP contribution is 2.54. The zero-order chi connectivity index (χ0) is 43.0. The number of fused-ring (bicyclic) bond motifs is 1. The van der Waals surface area contributed by atoms with Crippen LogP contribution in [0.3, 0.4) is 0 Å². The van der Waals surface area contributed by atoms with Crippen LogP contribution < -0.4 is 4.74 Å². The molecule has 0 aromatic heterocycles. The predicted octanol–water partition coefficient (Wildman–Crippen LogP) is 9.48. The van der Waals surface area contributed by atoms with E-state index in [1.165, 1.54) is 73.6 Å². The van der Waals surface area contributed by atoms with Gasteiger partial charge in [-0.15, -0.1) is 0 Å². The van der Waals surface area contributed by atoms with Crippen LogP contribution in [-0.2, 0) is 51.8 Å². The Morgan fingerprint density at radius 3 is 1.92 bits per heavy atom. The lowest BCUT2D eigenvalue weighted by Gasteiger charge is -2.32. The summed E-state index contributed by atoms with van der Waals surface area (Å²) in [6.45, 7) is 6.85. The first-order valence-corrected chi connectivity index (χ1v) is 20.4. The molecule has 0 spiro atoms. The van der Waals surface area contributed by atoms with E-state index in [0.717, 1.165) is 5.56 Å². The summed E-state index contributed by atoms with van der Waals surface area (Å²) in [6.07, 6.45) is -6.65. The van der Waals surface area contributed by atoms with Gasteiger partial charge < -0.3 is 38.1 Å². The van der Waals surface area contributed by atoms with Gasteiger partial charge in [-0.25, -0.2) is 0 Å². The van der Waals surface area contributed by atoms with Crippen LogP contribution in [0.1, 0.15) is 42.2 Å². The van der Waals surface area contributed by atoms with Gasteiger partial charge in [0.1, 0.15) is 12.4 Å². The van der Waals surface area contributed by atoms with Crippen LogP contribution in [0.4, 0.5) is 17.6 Å². The van der Waals surface area contributed by atoms with Crippen molar-refractivity contribution in [2.75, 3.05) is 73.1 Å². The third-order valence-electron chi connectivity index (χ3n) is 10.9. The topological polar surface area (TPSA) is 84.9 Å². The Hall–Kier alpha value is -4.89. The lowest BCUT2D eigenvalue weighted by atomic mass is 9.92. The van der Waals surface area contributed by atoms with Crippen molar-refractivity contribution in [1.82, 2.24) is 4.90 Å². The number of benzene rings is 6. The summed E-state index contributed by atoms with van der Waals surface area (Å²) in [5.41, 5.74) is 1.10. The molecule has 324 valence electrons. The molecule has 1 amide bonds. The largest absolute Gasteiger partial charge is 0.467 e. The fourth-order valence-corrected chi connectivity index (χ4v) is 7.63. The molecule has 0 aliphatic carbocycles. The second-order valence-electron chi connectivity index (χ2n) is 15.6. The summed E-state index contributed by atoms with van der Waals surface area (Å²) in [5, 5.41) is 7.50. The maximum Gasteiger partial charge on any atom is 0.467 e. The van der Waals surface area contributed by atoms with Crippen LogP contribution in [0.5, 0.6) is 5.75 Å². The van der Waals surface area contributed by atoms with Crippen LogP contribution in [-0.4, -0.2) is 95.9 Å². The SMILES string of the molecule is CN(CCc1ccc(OC(F)(F)C(F)(F)C2OC(C)(C)c3ccccc32)cc1)C(=O)COCCOCCOCCOCCOCc1ccc2ccc3cccc4ccc1c2c34. The summed E-state index contributed by atoms with van der Waals surface area (Å²) in [6, 6.07) is 30.9. The molecule has 6 aromatic rings. The van der Waals surface area contributed by atoms with Crippen LogP contribution >= 0.6 is 0 Å². The number of carbonyl (C=O) groups excluding carboxylic acids is 1. The molecule has 0 saturated heterocycles. The number of likely N-dealkylation sites (N-methyl/N-ethyl adjacent to an activating group) is 1. The van der Waals surface area contributed by atoms with Gasteiger partial charge >= 0.3 is 12.0 Å². The maximum atomic E-state index is 15.3. The average Bonchev–Trinajstić information content (AvgIpc) is 3.54. The monoisotopic (exact) mass is 845 g/mol. The van der Waals surface area contributed by atoms with Crippen molar-refractivity contribution in [2.24, 2.45) is 0 Å². The fourth-order valence-electron chi connectivity index (χ4n) is 7.63. The van der Waals surface area contributed by atoms with E-state index < -0.39 is 29.5 Å².